The number of aliphatic imine (C=N–C) groups is 1. The van der Waals surface area contributed by atoms with E-state index < -0.39 is 0 Å². The van der Waals surface area contributed by atoms with Crippen molar-refractivity contribution >= 4 is 5.96 Å². The molecule has 1 heterocycles. The first-order valence-electron chi connectivity index (χ1n) is 7.42. The van der Waals surface area contributed by atoms with Gasteiger partial charge in [0.2, 0.25) is 5.89 Å². The van der Waals surface area contributed by atoms with Gasteiger partial charge in [-0.15, -0.1) is 0 Å². The molecule has 0 aliphatic carbocycles. The molecule has 0 saturated carbocycles. The molecule has 2 rings (SSSR count). The first-order valence-corrected chi connectivity index (χ1v) is 7.42. The lowest BCUT2D eigenvalue weighted by Gasteiger charge is -2.22. The van der Waals surface area contributed by atoms with Gasteiger partial charge in [0, 0.05) is 20.1 Å². The summed E-state index contributed by atoms with van der Waals surface area (Å²) in [6.45, 7) is 7.90. The summed E-state index contributed by atoms with van der Waals surface area (Å²) in [4.78, 5) is 10.8. The highest BCUT2D eigenvalue weighted by atomic mass is 16.5. The van der Waals surface area contributed by atoms with Gasteiger partial charge in [-0.25, -0.2) is 4.99 Å². The normalized spacial score (nSPS) is 11.5. The Balaban J connectivity index is 2.03. The van der Waals surface area contributed by atoms with Gasteiger partial charge in [0.05, 0.1) is 0 Å². The Morgan fingerprint density at radius 3 is 2.59 bits per heavy atom. The molecule has 0 bridgehead atoms. The highest BCUT2D eigenvalue weighted by molar-refractivity contribution is 5.79. The minimum absolute atomic E-state index is 0.376. The van der Waals surface area contributed by atoms with Gasteiger partial charge in [-0.1, -0.05) is 35.0 Å². The van der Waals surface area contributed by atoms with Crippen LogP contribution in [-0.4, -0.2) is 34.6 Å². The third kappa shape index (κ3) is 4.58. The number of aryl methyl sites for hydroxylation is 2. The molecular formula is C16H23N5O. The second-order valence-corrected chi connectivity index (χ2v) is 5.25. The highest BCUT2D eigenvalue weighted by Crippen LogP contribution is 2.06. The molecular weight excluding hydrogens is 278 g/mol. The smallest absolute Gasteiger partial charge is 0.248 e. The molecule has 6 nitrogen and oxygen atoms in total. The summed E-state index contributed by atoms with van der Waals surface area (Å²) in [5.74, 6) is 1.97. The molecule has 1 aromatic heterocycles. The van der Waals surface area contributed by atoms with E-state index in [1.165, 1.54) is 11.1 Å². The van der Waals surface area contributed by atoms with Crippen molar-refractivity contribution in [3.63, 3.8) is 0 Å². The van der Waals surface area contributed by atoms with E-state index in [1.54, 1.807) is 6.92 Å². The van der Waals surface area contributed by atoms with E-state index in [0.29, 0.717) is 18.3 Å². The largest absolute Gasteiger partial charge is 0.357 e. The summed E-state index contributed by atoms with van der Waals surface area (Å²) in [5, 5.41) is 7.05. The van der Waals surface area contributed by atoms with Gasteiger partial charge < -0.3 is 14.7 Å². The maximum atomic E-state index is 5.09. The highest BCUT2D eigenvalue weighted by Gasteiger charge is 2.08. The van der Waals surface area contributed by atoms with Crippen LogP contribution in [0.3, 0.4) is 0 Å². The van der Waals surface area contributed by atoms with Crippen LogP contribution >= 0.6 is 0 Å². The van der Waals surface area contributed by atoms with Crippen molar-refractivity contribution in [3.05, 3.63) is 47.1 Å². The maximum absolute atomic E-state index is 5.09. The molecule has 0 aliphatic heterocycles. The lowest BCUT2D eigenvalue weighted by atomic mass is 10.1. The van der Waals surface area contributed by atoms with E-state index in [-0.39, 0.29) is 0 Å². The average Bonchev–Trinajstić information content (AvgIpc) is 2.91. The van der Waals surface area contributed by atoms with Gasteiger partial charge in [0.1, 0.15) is 6.54 Å². The van der Waals surface area contributed by atoms with Crippen molar-refractivity contribution < 1.29 is 4.52 Å². The minimum atomic E-state index is 0.376. The van der Waals surface area contributed by atoms with Crippen molar-refractivity contribution in [2.45, 2.75) is 33.9 Å². The Morgan fingerprint density at radius 1 is 1.27 bits per heavy atom. The Kier molecular flexibility index (Phi) is 5.52. The lowest BCUT2D eigenvalue weighted by molar-refractivity contribution is 0.375. The zero-order chi connectivity index (χ0) is 15.9. The van der Waals surface area contributed by atoms with E-state index in [0.717, 1.165) is 19.0 Å². The molecule has 22 heavy (non-hydrogen) atoms. The fourth-order valence-electron chi connectivity index (χ4n) is 2.06. The summed E-state index contributed by atoms with van der Waals surface area (Å²) in [6.07, 6.45) is 0. The Bertz CT molecular complexity index is 618. The number of nitrogens with one attached hydrogen (secondary N) is 1. The lowest BCUT2D eigenvalue weighted by Crippen LogP contribution is -2.38. The van der Waals surface area contributed by atoms with Crippen LogP contribution in [0.2, 0.25) is 0 Å². The van der Waals surface area contributed by atoms with E-state index in [4.69, 9.17) is 4.52 Å². The first kappa shape index (κ1) is 16.0. The summed E-state index contributed by atoms with van der Waals surface area (Å²) in [6, 6.07) is 8.51. The molecule has 6 heteroatoms. The van der Waals surface area contributed by atoms with Gasteiger partial charge in [-0.3, -0.25) is 0 Å². The van der Waals surface area contributed by atoms with Crippen LogP contribution in [0.4, 0.5) is 0 Å². The minimum Gasteiger partial charge on any atom is -0.357 e. The maximum Gasteiger partial charge on any atom is 0.248 e. The van der Waals surface area contributed by atoms with Crippen LogP contribution in [-0.2, 0) is 13.1 Å². The van der Waals surface area contributed by atoms with Crippen LogP contribution in [0.5, 0.6) is 0 Å². The van der Waals surface area contributed by atoms with Gasteiger partial charge in [-0.2, -0.15) is 4.98 Å². The van der Waals surface area contributed by atoms with Crippen molar-refractivity contribution in [2.24, 2.45) is 4.99 Å². The molecule has 0 fully saturated rings. The topological polar surface area (TPSA) is 66.5 Å². The number of benzene rings is 1. The zero-order valence-corrected chi connectivity index (χ0v) is 13.6. The molecule has 0 unspecified atom stereocenters. The summed E-state index contributed by atoms with van der Waals surface area (Å²) in [5.41, 5.74) is 2.51. The van der Waals surface area contributed by atoms with E-state index >= 15 is 0 Å². The molecule has 0 spiro atoms. The van der Waals surface area contributed by atoms with Crippen LogP contribution in [0, 0.1) is 13.8 Å². The Hall–Kier alpha value is -2.37. The predicted molar refractivity (Wildman–Crippen MR) is 86.5 cm³/mol. The van der Waals surface area contributed by atoms with Gasteiger partial charge in [0.15, 0.2) is 11.8 Å². The standard InChI is InChI=1S/C16H23N5O/c1-5-17-16(18-10-15-19-13(3)20-22-15)21(4)11-14-8-6-12(2)7-9-14/h6-9H,5,10-11H2,1-4H3,(H,17,18). The molecule has 0 saturated heterocycles. The van der Waals surface area contributed by atoms with Gasteiger partial charge in [-0.05, 0) is 26.3 Å². The number of rotatable bonds is 5. The van der Waals surface area contributed by atoms with Crippen molar-refractivity contribution in [1.82, 2.24) is 20.4 Å². The van der Waals surface area contributed by atoms with Crippen LogP contribution in [0.1, 0.15) is 29.8 Å². The third-order valence-corrected chi connectivity index (χ3v) is 3.17. The number of aromatic nitrogens is 2. The van der Waals surface area contributed by atoms with Crippen molar-refractivity contribution in [3.8, 4) is 0 Å². The molecule has 0 amide bonds. The van der Waals surface area contributed by atoms with Gasteiger partial charge in [0.25, 0.3) is 0 Å². The average molecular weight is 301 g/mol. The number of hydrogen-bond acceptors (Lipinski definition) is 4. The van der Waals surface area contributed by atoms with E-state index in [2.05, 4.69) is 56.5 Å². The Labute approximate surface area is 131 Å². The van der Waals surface area contributed by atoms with Crippen LogP contribution < -0.4 is 5.32 Å². The number of hydrogen-bond donors (Lipinski definition) is 1. The first-order chi connectivity index (χ1) is 10.6. The molecule has 118 valence electrons. The summed E-state index contributed by atoms with van der Waals surface area (Å²) >= 11 is 0. The van der Waals surface area contributed by atoms with E-state index in [9.17, 15) is 0 Å². The van der Waals surface area contributed by atoms with Crippen molar-refractivity contribution in [2.75, 3.05) is 13.6 Å². The second kappa shape index (κ2) is 7.59. The van der Waals surface area contributed by atoms with Crippen LogP contribution in [0.15, 0.2) is 33.8 Å². The fourth-order valence-corrected chi connectivity index (χ4v) is 2.06. The fraction of sp³-hybridized carbons (Fsp3) is 0.438. The number of guanidine groups is 1. The van der Waals surface area contributed by atoms with Gasteiger partial charge >= 0.3 is 0 Å². The molecule has 0 aliphatic rings. The SMILES string of the molecule is CCNC(=NCc1nc(C)no1)N(C)Cc1ccc(C)cc1. The van der Waals surface area contributed by atoms with Crippen LogP contribution in [0.25, 0.3) is 0 Å². The second-order valence-electron chi connectivity index (χ2n) is 5.25. The molecule has 0 atom stereocenters. The van der Waals surface area contributed by atoms with E-state index in [1.807, 2.05) is 14.0 Å². The summed E-state index contributed by atoms with van der Waals surface area (Å²) in [7, 11) is 2.01. The number of nitrogens with zero attached hydrogens (tertiary/aromatic N) is 4. The Morgan fingerprint density at radius 2 is 2.00 bits per heavy atom. The monoisotopic (exact) mass is 301 g/mol. The molecule has 0 radical (unpaired) electrons. The quantitative estimate of drug-likeness (QED) is 0.678. The molecule has 2 aromatic rings. The zero-order valence-electron chi connectivity index (χ0n) is 13.6. The van der Waals surface area contributed by atoms with Crippen molar-refractivity contribution in [1.29, 1.82) is 0 Å². The predicted octanol–water partition coefficient (Wildman–Crippen LogP) is 2.28. The molecule has 1 N–H and O–H groups in total. The third-order valence-electron chi connectivity index (χ3n) is 3.17. The summed E-state index contributed by atoms with van der Waals surface area (Å²) < 4.78 is 5.09. The molecule has 1 aromatic carbocycles.